The Labute approximate surface area is 214 Å². The third-order valence-corrected chi connectivity index (χ3v) is 10.2. The lowest BCUT2D eigenvalue weighted by molar-refractivity contribution is -0.262. The molecular weight excluding hydrogens is 448 g/mol. The maximum atomic E-state index is 13.2. The van der Waals surface area contributed by atoms with Gasteiger partial charge in [0, 0.05) is 24.4 Å². The van der Waals surface area contributed by atoms with E-state index in [1.807, 2.05) is 18.2 Å². The average Bonchev–Trinajstić information content (AvgIpc) is 3.73. The van der Waals surface area contributed by atoms with Gasteiger partial charge in [-0.05, 0) is 92.7 Å². The van der Waals surface area contributed by atoms with Crippen LogP contribution in [-0.4, -0.2) is 54.8 Å². The van der Waals surface area contributed by atoms with Crippen LogP contribution in [0.2, 0.25) is 0 Å². The maximum Gasteiger partial charge on any atom is 0.220 e. The third-order valence-electron chi connectivity index (χ3n) is 10.2. The van der Waals surface area contributed by atoms with Gasteiger partial charge in [-0.1, -0.05) is 36.4 Å². The highest BCUT2D eigenvalue weighted by molar-refractivity contribution is 5.77. The molecule has 3 aliphatic heterocycles. The van der Waals surface area contributed by atoms with Crippen LogP contribution in [0.3, 0.4) is 0 Å². The van der Waals surface area contributed by atoms with Crippen molar-refractivity contribution >= 4 is 5.91 Å². The van der Waals surface area contributed by atoms with Crippen molar-refractivity contribution < 1.29 is 14.3 Å². The molecule has 5 nitrogen and oxygen atoms in total. The molecule has 0 aromatic heterocycles. The molecule has 36 heavy (non-hydrogen) atoms. The highest BCUT2D eigenvalue weighted by atomic mass is 16.5. The molecule has 5 heteroatoms. The minimum absolute atomic E-state index is 0.0664. The normalized spacial score (nSPS) is 34.5. The first kappa shape index (κ1) is 22.8. The van der Waals surface area contributed by atoms with Gasteiger partial charge in [0.05, 0.1) is 24.9 Å². The molecule has 1 N–H and O–H groups in total. The lowest BCUT2D eigenvalue weighted by atomic mass is 9.45. The van der Waals surface area contributed by atoms with E-state index in [0.29, 0.717) is 19.1 Å². The second kappa shape index (κ2) is 8.32. The van der Waals surface area contributed by atoms with Crippen molar-refractivity contribution in [2.24, 2.45) is 5.92 Å². The summed E-state index contributed by atoms with van der Waals surface area (Å²) in [5.74, 6) is 1.96. The molecule has 2 aromatic carbocycles. The highest BCUT2D eigenvalue weighted by Gasteiger charge is 2.71. The molecule has 3 heterocycles. The number of nitrogens with one attached hydrogen (secondary N) is 1. The van der Waals surface area contributed by atoms with Crippen molar-refractivity contribution in [1.29, 1.82) is 0 Å². The molecule has 2 saturated carbocycles. The summed E-state index contributed by atoms with van der Waals surface area (Å²) in [5, 5.41) is 3.52. The zero-order valence-corrected chi connectivity index (χ0v) is 21.4. The van der Waals surface area contributed by atoms with Gasteiger partial charge in [-0.3, -0.25) is 9.69 Å². The Bertz CT molecular complexity index is 1150. The maximum absolute atomic E-state index is 13.2. The Kier molecular flexibility index (Phi) is 5.27. The number of carbonyl (C=O) groups is 1. The monoisotopic (exact) mass is 486 g/mol. The van der Waals surface area contributed by atoms with E-state index in [-0.39, 0.29) is 22.5 Å². The van der Waals surface area contributed by atoms with E-state index in [1.54, 1.807) is 7.11 Å². The smallest absolute Gasteiger partial charge is 0.220 e. The van der Waals surface area contributed by atoms with E-state index in [1.165, 1.54) is 36.1 Å². The number of hydrogen-bond acceptors (Lipinski definition) is 4. The molecule has 190 valence electrons. The van der Waals surface area contributed by atoms with Crippen molar-refractivity contribution in [2.75, 3.05) is 26.8 Å². The molecule has 4 bridgehead atoms. The summed E-state index contributed by atoms with van der Waals surface area (Å²) >= 11 is 0. The van der Waals surface area contributed by atoms with Crippen molar-refractivity contribution in [3.05, 3.63) is 65.2 Å². The molecule has 1 spiro atoms. The molecule has 1 amide bonds. The van der Waals surface area contributed by atoms with E-state index < -0.39 is 0 Å². The van der Waals surface area contributed by atoms with Gasteiger partial charge in [0.15, 0.2) is 0 Å². The van der Waals surface area contributed by atoms with Crippen molar-refractivity contribution in [2.45, 2.75) is 80.4 Å². The molecular formula is C31H38N2O3. The number of nitrogens with zero attached hydrogens (tertiary/aromatic N) is 1. The van der Waals surface area contributed by atoms with Crippen LogP contribution in [0.15, 0.2) is 48.5 Å². The van der Waals surface area contributed by atoms with Crippen LogP contribution in [0, 0.1) is 5.92 Å². The van der Waals surface area contributed by atoms with Crippen LogP contribution in [0.25, 0.3) is 0 Å². The number of aryl methyl sites for hydroxylation is 1. The van der Waals surface area contributed by atoms with Crippen LogP contribution in [-0.2, 0) is 27.8 Å². The van der Waals surface area contributed by atoms with Crippen LogP contribution >= 0.6 is 0 Å². The molecule has 3 saturated heterocycles. The second-order valence-electron chi connectivity index (χ2n) is 12.2. The fraction of sp³-hybridized carbons (Fsp3) is 0.581. The van der Waals surface area contributed by atoms with Crippen molar-refractivity contribution in [3.8, 4) is 5.75 Å². The lowest BCUT2D eigenvalue weighted by Crippen LogP contribution is -2.81. The van der Waals surface area contributed by atoms with Crippen LogP contribution in [0.5, 0.6) is 5.75 Å². The Balaban J connectivity index is 1.20. The number of piperidine rings is 1. The van der Waals surface area contributed by atoms with Gasteiger partial charge in [-0.2, -0.15) is 0 Å². The zero-order chi connectivity index (χ0) is 24.4. The number of rotatable bonds is 7. The van der Waals surface area contributed by atoms with E-state index in [4.69, 9.17) is 9.47 Å². The average molecular weight is 487 g/mol. The van der Waals surface area contributed by atoms with Gasteiger partial charge in [0.2, 0.25) is 5.91 Å². The summed E-state index contributed by atoms with van der Waals surface area (Å²) in [6.07, 6.45) is 9.23. The van der Waals surface area contributed by atoms with Crippen LogP contribution in [0.1, 0.15) is 61.6 Å². The van der Waals surface area contributed by atoms with Gasteiger partial charge in [-0.15, -0.1) is 0 Å². The molecule has 6 aliphatic rings. The number of methoxy groups -OCH3 is 1. The Morgan fingerprint density at radius 3 is 2.75 bits per heavy atom. The highest BCUT2D eigenvalue weighted by Crippen LogP contribution is 2.65. The Morgan fingerprint density at radius 2 is 2.00 bits per heavy atom. The van der Waals surface area contributed by atoms with Crippen LogP contribution < -0.4 is 10.1 Å². The summed E-state index contributed by atoms with van der Waals surface area (Å²) in [4.78, 5) is 16.0. The van der Waals surface area contributed by atoms with E-state index in [0.717, 1.165) is 56.7 Å². The quantitative estimate of drug-likeness (QED) is 0.630. The second-order valence-corrected chi connectivity index (χ2v) is 12.2. The first-order valence-corrected chi connectivity index (χ1v) is 14.0. The molecule has 0 radical (unpaired) electrons. The fourth-order valence-electron chi connectivity index (χ4n) is 8.27. The minimum atomic E-state index is -0.281. The first-order chi connectivity index (χ1) is 17.5. The number of hydrogen-bond donors (Lipinski definition) is 1. The minimum Gasteiger partial charge on any atom is -0.497 e. The SMILES string of the molecule is COc1ccc2c(c1)[C@]13CCN(CC4CC4)[C@H](C2)[C@]12CC[C@@](NC(=O)CCc1ccccc1)(CO2)C3. The molecule has 3 aliphatic carbocycles. The molecule has 4 atom stereocenters. The number of likely N-dealkylation sites (tertiary alicyclic amines) is 1. The van der Waals surface area contributed by atoms with Crippen LogP contribution in [0.4, 0.5) is 0 Å². The largest absolute Gasteiger partial charge is 0.497 e. The molecule has 8 rings (SSSR count). The molecule has 5 fully saturated rings. The Hall–Kier alpha value is -2.37. The van der Waals surface area contributed by atoms with E-state index in [2.05, 4.69) is 40.5 Å². The van der Waals surface area contributed by atoms with Gasteiger partial charge in [-0.25, -0.2) is 0 Å². The molecule has 2 aromatic rings. The van der Waals surface area contributed by atoms with Gasteiger partial charge < -0.3 is 14.8 Å². The van der Waals surface area contributed by atoms with Crippen molar-refractivity contribution in [1.82, 2.24) is 10.2 Å². The van der Waals surface area contributed by atoms with E-state index >= 15 is 0 Å². The summed E-state index contributed by atoms with van der Waals surface area (Å²) < 4.78 is 12.8. The standard InChI is InChI=1S/C31H38N2O3/c1-35-25-11-10-24-17-27-31-14-13-29(21-36-31,32-28(34)12-9-22-5-3-2-4-6-22)20-30(31,26(24)18-25)15-16-33(27)19-23-7-8-23/h2-6,10-11,18,23,27H,7-9,12-17,19-21H2,1H3,(H,32,34)/t27-,29+,30-,31-/m1/s1. The lowest BCUT2D eigenvalue weighted by Gasteiger charge is -2.71. The summed E-state index contributed by atoms with van der Waals surface area (Å²) in [5.41, 5.74) is 3.58. The fourth-order valence-corrected chi connectivity index (χ4v) is 8.27. The van der Waals surface area contributed by atoms with Gasteiger partial charge >= 0.3 is 0 Å². The molecule has 0 unspecified atom stereocenters. The Morgan fingerprint density at radius 1 is 1.14 bits per heavy atom. The predicted molar refractivity (Wildman–Crippen MR) is 139 cm³/mol. The van der Waals surface area contributed by atoms with Gasteiger partial charge in [0.25, 0.3) is 0 Å². The first-order valence-electron chi connectivity index (χ1n) is 14.0. The number of benzene rings is 2. The zero-order valence-electron chi connectivity index (χ0n) is 21.4. The number of amides is 1. The number of ether oxygens (including phenoxy) is 2. The van der Waals surface area contributed by atoms with Gasteiger partial charge in [0.1, 0.15) is 5.75 Å². The summed E-state index contributed by atoms with van der Waals surface area (Å²) in [7, 11) is 1.76. The summed E-state index contributed by atoms with van der Waals surface area (Å²) in [6, 6.07) is 17.5. The topological polar surface area (TPSA) is 50.8 Å². The number of fused-ring (bicyclic) bond motifs is 3. The predicted octanol–water partition coefficient (Wildman–Crippen LogP) is 4.41. The third kappa shape index (κ3) is 3.46. The van der Waals surface area contributed by atoms with Crippen molar-refractivity contribution in [3.63, 3.8) is 0 Å². The number of carbonyl (C=O) groups excluding carboxylic acids is 1. The van der Waals surface area contributed by atoms with E-state index in [9.17, 15) is 4.79 Å². The summed E-state index contributed by atoms with van der Waals surface area (Å²) in [6.45, 7) is 2.98.